The van der Waals surface area contributed by atoms with Gasteiger partial charge in [0, 0.05) is 17.8 Å². The maximum absolute atomic E-state index is 10.7. The van der Waals surface area contributed by atoms with Gasteiger partial charge >= 0.3 is 5.97 Å². The lowest BCUT2D eigenvalue weighted by molar-refractivity contribution is 0.0696. The van der Waals surface area contributed by atoms with Gasteiger partial charge in [-0.25, -0.2) is 4.79 Å². The molecule has 0 bridgehead atoms. The molecule has 0 aromatic heterocycles. The molecule has 0 unspecified atom stereocenters. The van der Waals surface area contributed by atoms with Crippen LogP contribution in [0.25, 0.3) is 0 Å². The Balaban J connectivity index is 2.70. The summed E-state index contributed by atoms with van der Waals surface area (Å²) >= 11 is 1.67. The first-order valence-electron chi connectivity index (χ1n) is 4.61. The highest BCUT2D eigenvalue weighted by molar-refractivity contribution is 7.99. The molecule has 0 amide bonds. The summed E-state index contributed by atoms with van der Waals surface area (Å²) in [5.74, 6) is -0.00410. The summed E-state index contributed by atoms with van der Waals surface area (Å²) in [5, 5.41) is 8.79. The largest absolute Gasteiger partial charge is 0.478 e. The van der Waals surface area contributed by atoms with Crippen LogP contribution in [0, 0.1) is 6.92 Å². The van der Waals surface area contributed by atoms with Crippen LogP contribution in [0.4, 0.5) is 0 Å². The van der Waals surface area contributed by atoms with Gasteiger partial charge in [-0.1, -0.05) is 0 Å². The van der Waals surface area contributed by atoms with Crippen LogP contribution >= 0.6 is 11.8 Å². The second-order valence-corrected chi connectivity index (χ2v) is 4.26. The first-order valence-corrected chi connectivity index (χ1v) is 5.59. The fraction of sp³-hybridized carbons (Fsp3) is 0.364. The van der Waals surface area contributed by atoms with E-state index in [1.807, 2.05) is 13.0 Å². The SMILES string of the molecule is COCCSc1ccc(C(=O)O)cc1C. The van der Waals surface area contributed by atoms with Gasteiger partial charge in [0.15, 0.2) is 0 Å². The third-order valence-electron chi connectivity index (χ3n) is 1.97. The summed E-state index contributed by atoms with van der Waals surface area (Å²) in [5.41, 5.74) is 1.33. The van der Waals surface area contributed by atoms with Crippen molar-refractivity contribution in [3.05, 3.63) is 29.3 Å². The number of carboxylic acid groups (broad SMARTS) is 1. The zero-order valence-corrected chi connectivity index (χ0v) is 9.63. The summed E-state index contributed by atoms with van der Waals surface area (Å²) in [4.78, 5) is 11.8. The normalized spacial score (nSPS) is 10.3. The quantitative estimate of drug-likeness (QED) is 0.618. The topological polar surface area (TPSA) is 46.5 Å². The molecular formula is C11H14O3S. The van der Waals surface area contributed by atoms with Crippen LogP contribution in [0.5, 0.6) is 0 Å². The maximum atomic E-state index is 10.7. The van der Waals surface area contributed by atoms with Gasteiger partial charge in [0.05, 0.1) is 12.2 Å². The molecule has 1 rings (SSSR count). The van der Waals surface area contributed by atoms with Gasteiger partial charge in [-0.05, 0) is 30.7 Å². The molecule has 82 valence electrons. The number of aryl methyl sites for hydroxylation is 1. The third kappa shape index (κ3) is 3.57. The Morgan fingerprint density at radius 3 is 2.80 bits per heavy atom. The number of aromatic carboxylic acids is 1. The molecule has 0 aliphatic heterocycles. The summed E-state index contributed by atoms with van der Waals surface area (Å²) in [7, 11) is 1.67. The first-order chi connectivity index (χ1) is 7.15. The number of benzene rings is 1. The van der Waals surface area contributed by atoms with Gasteiger partial charge in [-0.15, -0.1) is 11.8 Å². The fourth-order valence-corrected chi connectivity index (χ4v) is 2.10. The summed E-state index contributed by atoms with van der Waals surface area (Å²) in [6.45, 7) is 2.62. The molecule has 4 heteroatoms. The number of methoxy groups -OCH3 is 1. The van der Waals surface area contributed by atoms with Crippen LogP contribution in [0.3, 0.4) is 0 Å². The van der Waals surface area contributed by atoms with Gasteiger partial charge < -0.3 is 9.84 Å². The van der Waals surface area contributed by atoms with Gasteiger partial charge in [0.25, 0.3) is 0 Å². The van der Waals surface area contributed by atoms with E-state index in [9.17, 15) is 4.79 Å². The minimum atomic E-state index is -0.883. The van der Waals surface area contributed by atoms with E-state index in [2.05, 4.69) is 0 Å². The minimum absolute atomic E-state index is 0.337. The smallest absolute Gasteiger partial charge is 0.335 e. The van der Waals surface area contributed by atoms with Crippen LogP contribution in [-0.2, 0) is 4.74 Å². The van der Waals surface area contributed by atoms with E-state index in [0.717, 1.165) is 16.2 Å². The second kappa shape index (κ2) is 5.78. The van der Waals surface area contributed by atoms with Crippen molar-refractivity contribution in [3.63, 3.8) is 0 Å². The van der Waals surface area contributed by atoms with Gasteiger partial charge in [0.2, 0.25) is 0 Å². The number of rotatable bonds is 5. The van der Waals surface area contributed by atoms with Crippen molar-refractivity contribution in [2.75, 3.05) is 19.5 Å². The average molecular weight is 226 g/mol. The standard InChI is InChI=1S/C11H14O3S/c1-8-7-9(11(12)13)3-4-10(8)15-6-5-14-2/h3-4,7H,5-6H2,1-2H3,(H,12,13). The molecule has 0 aliphatic carbocycles. The van der Waals surface area contributed by atoms with Crippen molar-refractivity contribution >= 4 is 17.7 Å². The number of carbonyl (C=O) groups is 1. The van der Waals surface area contributed by atoms with Crippen molar-refractivity contribution in [1.82, 2.24) is 0 Å². The Kier molecular flexibility index (Phi) is 4.65. The van der Waals surface area contributed by atoms with Crippen molar-refractivity contribution in [2.24, 2.45) is 0 Å². The van der Waals surface area contributed by atoms with Crippen LogP contribution in [0.2, 0.25) is 0 Å². The predicted molar refractivity (Wildman–Crippen MR) is 60.7 cm³/mol. The molecule has 0 saturated carbocycles. The Bertz CT molecular complexity index is 350. The van der Waals surface area contributed by atoms with Crippen LogP contribution in [-0.4, -0.2) is 30.5 Å². The molecule has 1 N–H and O–H groups in total. The Labute approximate surface area is 93.4 Å². The predicted octanol–water partition coefficient (Wildman–Crippen LogP) is 2.43. The van der Waals surface area contributed by atoms with Gasteiger partial charge in [-0.2, -0.15) is 0 Å². The van der Waals surface area contributed by atoms with E-state index < -0.39 is 5.97 Å². The van der Waals surface area contributed by atoms with E-state index in [1.165, 1.54) is 0 Å². The molecule has 0 atom stereocenters. The zero-order chi connectivity index (χ0) is 11.3. The number of hydrogen-bond acceptors (Lipinski definition) is 3. The number of hydrogen-bond donors (Lipinski definition) is 1. The summed E-state index contributed by atoms with van der Waals surface area (Å²) in [6.07, 6.45) is 0. The van der Waals surface area contributed by atoms with Gasteiger partial charge in [0.1, 0.15) is 0 Å². The van der Waals surface area contributed by atoms with E-state index >= 15 is 0 Å². The molecule has 0 heterocycles. The molecule has 0 fully saturated rings. The monoisotopic (exact) mass is 226 g/mol. The lowest BCUT2D eigenvalue weighted by Gasteiger charge is -2.05. The van der Waals surface area contributed by atoms with E-state index in [1.54, 1.807) is 31.0 Å². The molecule has 0 radical (unpaired) electrons. The molecule has 1 aromatic rings. The lowest BCUT2D eigenvalue weighted by atomic mass is 10.1. The van der Waals surface area contributed by atoms with Crippen LogP contribution < -0.4 is 0 Å². The molecule has 15 heavy (non-hydrogen) atoms. The van der Waals surface area contributed by atoms with Gasteiger partial charge in [-0.3, -0.25) is 0 Å². The van der Waals surface area contributed by atoms with Crippen LogP contribution in [0.1, 0.15) is 15.9 Å². The molecule has 1 aromatic carbocycles. The van der Waals surface area contributed by atoms with E-state index in [4.69, 9.17) is 9.84 Å². The minimum Gasteiger partial charge on any atom is -0.478 e. The highest BCUT2D eigenvalue weighted by Crippen LogP contribution is 2.23. The Morgan fingerprint density at radius 1 is 1.53 bits per heavy atom. The second-order valence-electron chi connectivity index (χ2n) is 3.13. The molecule has 3 nitrogen and oxygen atoms in total. The maximum Gasteiger partial charge on any atom is 0.335 e. The summed E-state index contributed by atoms with van der Waals surface area (Å²) < 4.78 is 4.95. The van der Waals surface area contributed by atoms with Crippen molar-refractivity contribution in [2.45, 2.75) is 11.8 Å². The molecule has 0 saturated heterocycles. The van der Waals surface area contributed by atoms with Crippen LogP contribution in [0.15, 0.2) is 23.1 Å². The highest BCUT2D eigenvalue weighted by Gasteiger charge is 2.05. The van der Waals surface area contributed by atoms with E-state index in [-0.39, 0.29) is 0 Å². The third-order valence-corrected chi connectivity index (χ3v) is 3.11. The van der Waals surface area contributed by atoms with Crippen molar-refractivity contribution < 1.29 is 14.6 Å². The van der Waals surface area contributed by atoms with Crippen molar-refractivity contribution in [3.8, 4) is 0 Å². The fourth-order valence-electron chi connectivity index (χ4n) is 1.18. The number of thioether (sulfide) groups is 1. The molecule has 0 spiro atoms. The molecule has 0 aliphatic rings. The highest BCUT2D eigenvalue weighted by atomic mass is 32.2. The van der Waals surface area contributed by atoms with Crippen molar-refractivity contribution in [1.29, 1.82) is 0 Å². The number of ether oxygens (including phenoxy) is 1. The number of carboxylic acids is 1. The lowest BCUT2D eigenvalue weighted by Crippen LogP contribution is -1.97. The van der Waals surface area contributed by atoms with E-state index in [0.29, 0.717) is 12.2 Å². The Morgan fingerprint density at radius 2 is 2.27 bits per heavy atom. The zero-order valence-electron chi connectivity index (χ0n) is 8.82. The molecular weight excluding hydrogens is 212 g/mol. The first kappa shape index (κ1) is 12.1. The average Bonchev–Trinajstić information content (AvgIpc) is 2.20. The Hall–Kier alpha value is -1.00. The summed E-state index contributed by atoms with van der Waals surface area (Å²) in [6, 6.07) is 5.17.